The quantitative estimate of drug-likeness (QED) is 0.0222. The number of carbonyl (C=O) groups excluding carboxylic acids is 4. The molecule has 0 bridgehead atoms. The number of phosphoric acid groups is 2. The zero-order valence-corrected chi connectivity index (χ0v) is 66.9. The molecule has 0 aliphatic rings. The van der Waals surface area contributed by atoms with Crippen molar-refractivity contribution in [1.29, 1.82) is 0 Å². The number of aliphatic hydroxyl groups excluding tert-OH is 1. The zero-order chi connectivity index (χ0) is 73.1. The topological polar surface area (TPSA) is 237 Å². The fourth-order valence-electron chi connectivity index (χ4n) is 12.3. The van der Waals surface area contributed by atoms with Gasteiger partial charge in [0.25, 0.3) is 0 Å². The summed E-state index contributed by atoms with van der Waals surface area (Å²) in [5, 5.41) is 10.6. The lowest BCUT2D eigenvalue weighted by molar-refractivity contribution is -0.161. The lowest BCUT2D eigenvalue weighted by Crippen LogP contribution is -2.30. The second kappa shape index (κ2) is 69.1. The minimum absolute atomic E-state index is 0.103. The number of esters is 4. The predicted molar refractivity (Wildman–Crippen MR) is 404 cm³/mol. The molecule has 17 nitrogen and oxygen atoms in total. The summed E-state index contributed by atoms with van der Waals surface area (Å²) in [7, 11) is -9.92. The van der Waals surface area contributed by atoms with Crippen molar-refractivity contribution in [2.45, 2.75) is 427 Å². The van der Waals surface area contributed by atoms with E-state index in [1.807, 2.05) is 0 Å². The Morgan fingerprint density at radius 1 is 0.253 bits per heavy atom. The second-order valence-electron chi connectivity index (χ2n) is 30.7. The number of ether oxygens (including phenoxy) is 4. The molecule has 0 aromatic heterocycles. The van der Waals surface area contributed by atoms with Gasteiger partial charge in [-0.25, -0.2) is 9.13 Å². The Kier molecular flexibility index (Phi) is 67.8. The summed E-state index contributed by atoms with van der Waals surface area (Å²) < 4.78 is 68.6. The van der Waals surface area contributed by atoms with Gasteiger partial charge in [0.05, 0.1) is 26.4 Å². The third kappa shape index (κ3) is 74.1. The van der Waals surface area contributed by atoms with E-state index in [0.717, 1.165) is 108 Å². The van der Waals surface area contributed by atoms with Crippen molar-refractivity contribution < 1.29 is 80.2 Å². The molecule has 0 rings (SSSR count). The van der Waals surface area contributed by atoms with Gasteiger partial charge in [0.15, 0.2) is 12.2 Å². The minimum atomic E-state index is -4.96. The maximum atomic E-state index is 13.1. The SMILES string of the molecule is CC(C)CCCCCCCCCCCCCCCCCCCCC(=O)OC[C@H](COP(=O)(O)OCC(O)COP(=O)(O)OC[C@@H](COC(=O)CCCCCCCCCCC(C)C)OC(=O)CCCCCCCCCC(C)C)OC(=O)CCCCCCCCCCCCCCCCC(C)C. The lowest BCUT2D eigenvalue weighted by atomic mass is 10.0. The Morgan fingerprint density at radius 3 is 0.626 bits per heavy atom. The molecule has 0 aromatic carbocycles. The molecule has 5 atom stereocenters. The first-order chi connectivity index (χ1) is 47.6. The Labute approximate surface area is 607 Å². The molecule has 0 radical (unpaired) electrons. The van der Waals surface area contributed by atoms with E-state index < -0.39 is 97.5 Å². The van der Waals surface area contributed by atoms with Crippen LogP contribution in [-0.2, 0) is 65.4 Å². The number of unbranched alkanes of at least 4 members (excludes halogenated alkanes) is 43. The molecule has 0 saturated carbocycles. The van der Waals surface area contributed by atoms with Gasteiger partial charge in [-0.05, 0) is 49.4 Å². The van der Waals surface area contributed by atoms with E-state index in [4.69, 9.17) is 37.0 Å². The first-order valence-corrected chi connectivity index (χ1v) is 44.2. The van der Waals surface area contributed by atoms with Crippen LogP contribution in [0.3, 0.4) is 0 Å². The standard InChI is InChI=1S/C80H156O17P2/c1-70(2)56-48-40-32-25-21-17-13-11-9-10-12-14-19-23-27-36-44-52-60-77(82)90-66-75(96-79(84)62-54-46-38-28-24-20-16-15-18-22-26-33-41-49-57-71(3)4)68-94-98(86,87)92-64-74(81)65-93-99(88,89)95-69-76(97-80(85)63-55-47-39-31-35-43-51-59-73(7)8)67-91-78(83)61-53-45-37-30-29-34-42-50-58-72(5)6/h70-76,81H,9-69H2,1-8H3,(H,86,87)(H,88,89)/t74?,75-,76-/m1/s1. The van der Waals surface area contributed by atoms with Crippen LogP contribution in [0.15, 0.2) is 0 Å². The van der Waals surface area contributed by atoms with Gasteiger partial charge >= 0.3 is 39.5 Å². The van der Waals surface area contributed by atoms with Gasteiger partial charge in [-0.15, -0.1) is 0 Å². The van der Waals surface area contributed by atoms with Gasteiger partial charge in [0.1, 0.15) is 19.3 Å². The molecule has 99 heavy (non-hydrogen) atoms. The van der Waals surface area contributed by atoms with Crippen LogP contribution in [0.2, 0.25) is 0 Å². The highest BCUT2D eigenvalue weighted by molar-refractivity contribution is 7.47. The molecule has 0 amide bonds. The smallest absolute Gasteiger partial charge is 0.462 e. The molecule has 0 aliphatic heterocycles. The minimum Gasteiger partial charge on any atom is -0.462 e. The predicted octanol–water partition coefficient (Wildman–Crippen LogP) is 23.6. The van der Waals surface area contributed by atoms with Gasteiger partial charge in [-0.2, -0.15) is 0 Å². The molecule has 0 heterocycles. The van der Waals surface area contributed by atoms with Crippen molar-refractivity contribution in [2.24, 2.45) is 23.7 Å². The summed E-state index contributed by atoms with van der Waals surface area (Å²) in [5.74, 6) is 0.921. The van der Waals surface area contributed by atoms with E-state index in [1.54, 1.807) is 0 Å². The number of hydrogen-bond acceptors (Lipinski definition) is 15. The molecule has 0 fully saturated rings. The molecule has 3 N–H and O–H groups in total. The largest absolute Gasteiger partial charge is 0.472 e. The van der Waals surface area contributed by atoms with Crippen LogP contribution in [0, 0.1) is 23.7 Å². The fraction of sp³-hybridized carbons (Fsp3) is 0.950. The van der Waals surface area contributed by atoms with E-state index in [0.29, 0.717) is 31.6 Å². The molecular formula is C80H156O17P2. The van der Waals surface area contributed by atoms with Crippen LogP contribution < -0.4 is 0 Å². The van der Waals surface area contributed by atoms with Gasteiger partial charge in [-0.1, -0.05) is 357 Å². The highest BCUT2D eigenvalue weighted by Gasteiger charge is 2.30. The molecule has 588 valence electrons. The van der Waals surface area contributed by atoms with Gasteiger partial charge in [0.2, 0.25) is 0 Å². The Hall–Kier alpha value is -1.94. The molecular weight excluding hydrogens is 1290 g/mol. The molecule has 3 unspecified atom stereocenters. The number of aliphatic hydroxyl groups is 1. The van der Waals surface area contributed by atoms with Crippen molar-refractivity contribution in [2.75, 3.05) is 39.6 Å². The Balaban J connectivity index is 5.20. The van der Waals surface area contributed by atoms with Gasteiger partial charge in [0, 0.05) is 25.7 Å². The number of hydrogen-bond donors (Lipinski definition) is 3. The molecule has 19 heteroatoms. The van der Waals surface area contributed by atoms with Crippen molar-refractivity contribution >= 4 is 39.5 Å². The van der Waals surface area contributed by atoms with Crippen LogP contribution in [-0.4, -0.2) is 96.7 Å². The van der Waals surface area contributed by atoms with Crippen molar-refractivity contribution in [3.63, 3.8) is 0 Å². The third-order valence-electron chi connectivity index (χ3n) is 18.6. The number of carbonyl (C=O) groups is 4. The first kappa shape index (κ1) is 97.1. The van der Waals surface area contributed by atoms with Crippen molar-refractivity contribution in [3.8, 4) is 0 Å². The lowest BCUT2D eigenvalue weighted by Gasteiger charge is -2.21. The highest BCUT2D eigenvalue weighted by atomic mass is 31.2. The average molecular weight is 1450 g/mol. The van der Waals surface area contributed by atoms with Gasteiger partial charge < -0.3 is 33.8 Å². The average Bonchev–Trinajstić information content (AvgIpc) is 0.988. The van der Waals surface area contributed by atoms with Crippen molar-refractivity contribution in [1.82, 2.24) is 0 Å². The normalized spacial score (nSPS) is 14.1. The summed E-state index contributed by atoms with van der Waals surface area (Å²) in [6.45, 7) is 14.2. The van der Waals surface area contributed by atoms with Crippen molar-refractivity contribution in [3.05, 3.63) is 0 Å². The summed E-state index contributed by atoms with van der Waals surface area (Å²) in [4.78, 5) is 72.9. The van der Waals surface area contributed by atoms with E-state index in [1.165, 1.54) is 212 Å². The fourth-order valence-corrected chi connectivity index (χ4v) is 13.8. The van der Waals surface area contributed by atoms with Crippen LogP contribution in [0.25, 0.3) is 0 Å². The number of phosphoric ester groups is 2. The third-order valence-corrected chi connectivity index (χ3v) is 20.5. The molecule has 0 saturated heterocycles. The van der Waals surface area contributed by atoms with Crippen LogP contribution in [0.4, 0.5) is 0 Å². The Bertz CT molecular complexity index is 1940. The highest BCUT2D eigenvalue weighted by Crippen LogP contribution is 2.45. The molecule has 0 aromatic rings. The number of rotatable bonds is 77. The van der Waals surface area contributed by atoms with E-state index >= 15 is 0 Å². The second-order valence-corrected chi connectivity index (χ2v) is 33.6. The molecule has 0 spiro atoms. The van der Waals surface area contributed by atoms with E-state index in [-0.39, 0.29) is 25.7 Å². The zero-order valence-electron chi connectivity index (χ0n) is 65.1. The van der Waals surface area contributed by atoms with E-state index in [2.05, 4.69) is 55.4 Å². The maximum Gasteiger partial charge on any atom is 0.472 e. The Morgan fingerprint density at radius 2 is 0.424 bits per heavy atom. The van der Waals surface area contributed by atoms with Gasteiger partial charge in [-0.3, -0.25) is 37.3 Å². The van der Waals surface area contributed by atoms with Crippen LogP contribution in [0.5, 0.6) is 0 Å². The summed E-state index contributed by atoms with van der Waals surface area (Å²) in [6.07, 6.45) is 55.8. The summed E-state index contributed by atoms with van der Waals surface area (Å²) in [6, 6.07) is 0. The monoisotopic (exact) mass is 1450 g/mol. The van der Waals surface area contributed by atoms with E-state index in [9.17, 15) is 43.2 Å². The molecule has 0 aliphatic carbocycles. The first-order valence-electron chi connectivity index (χ1n) is 41.2. The summed E-state index contributed by atoms with van der Waals surface area (Å²) >= 11 is 0. The summed E-state index contributed by atoms with van der Waals surface area (Å²) in [5.41, 5.74) is 0. The van der Waals surface area contributed by atoms with Crippen LogP contribution in [0.1, 0.15) is 409 Å². The maximum absolute atomic E-state index is 13.1. The van der Waals surface area contributed by atoms with Crippen LogP contribution >= 0.6 is 15.6 Å².